The molecule has 0 bridgehead atoms. The largest absolute Gasteiger partial charge is 0.491 e. The lowest BCUT2D eigenvalue weighted by atomic mass is 10.1. The van der Waals surface area contributed by atoms with Crippen LogP contribution in [-0.2, 0) is 9.53 Å². The summed E-state index contributed by atoms with van der Waals surface area (Å²) in [6.07, 6.45) is -0.662. The third-order valence-electron chi connectivity index (χ3n) is 3.35. The number of rotatable bonds is 8. The Balaban J connectivity index is 1.98. The molecular weight excluding hydrogens is 338 g/mol. The zero-order chi connectivity index (χ0) is 18.9. The first-order valence-corrected chi connectivity index (χ1v) is 8.06. The lowest BCUT2D eigenvalue weighted by Crippen LogP contribution is -2.30. The minimum Gasteiger partial charge on any atom is -0.491 e. The van der Waals surface area contributed by atoms with Crippen molar-refractivity contribution in [3.63, 3.8) is 0 Å². The minimum atomic E-state index is -0.662. The van der Waals surface area contributed by atoms with Gasteiger partial charge in [0.25, 0.3) is 0 Å². The van der Waals surface area contributed by atoms with E-state index >= 15 is 0 Å². The molecule has 26 heavy (non-hydrogen) atoms. The zero-order valence-electron chi connectivity index (χ0n) is 14.5. The van der Waals surface area contributed by atoms with Crippen LogP contribution in [0.3, 0.4) is 0 Å². The molecule has 0 spiro atoms. The van der Waals surface area contributed by atoms with Crippen molar-refractivity contribution in [2.45, 2.75) is 6.92 Å². The maximum atomic E-state index is 11.9. The monoisotopic (exact) mass is 359 g/mol. The SMILES string of the molecule is C=C(C)C(=O)OCCNC(=O)Oc1cccc2c(OCCO)cccc12. The molecule has 0 saturated carbocycles. The predicted molar refractivity (Wildman–Crippen MR) is 96.3 cm³/mol. The number of ether oxygens (including phenoxy) is 3. The van der Waals surface area contributed by atoms with Gasteiger partial charge in [-0.3, -0.25) is 0 Å². The van der Waals surface area contributed by atoms with E-state index < -0.39 is 12.1 Å². The second-order valence-corrected chi connectivity index (χ2v) is 5.41. The molecule has 0 fully saturated rings. The molecule has 7 nitrogen and oxygen atoms in total. The molecule has 0 radical (unpaired) electrons. The zero-order valence-corrected chi connectivity index (χ0v) is 14.5. The van der Waals surface area contributed by atoms with E-state index in [4.69, 9.17) is 19.3 Å². The van der Waals surface area contributed by atoms with Crippen molar-refractivity contribution in [3.8, 4) is 11.5 Å². The fourth-order valence-corrected chi connectivity index (χ4v) is 2.18. The molecule has 0 aromatic heterocycles. The van der Waals surface area contributed by atoms with Crippen LogP contribution in [-0.4, -0.2) is 43.5 Å². The summed E-state index contributed by atoms with van der Waals surface area (Å²) in [6, 6.07) is 10.6. The Kier molecular flexibility index (Phi) is 6.99. The van der Waals surface area contributed by atoms with Crippen LogP contribution >= 0.6 is 0 Å². The number of fused-ring (bicyclic) bond motifs is 1. The Morgan fingerprint density at radius 2 is 1.73 bits per heavy atom. The second-order valence-electron chi connectivity index (χ2n) is 5.41. The Bertz CT molecular complexity index is 802. The maximum Gasteiger partial charge on any atom is 0.412 e. The number of aliphatic hydroxyl groups excluding tert-OH is 1. The topological polar surface area (TPSA) is 94.1 Å². The average molecular weight is 359 g/mol. The van der Waals surface area contributed by atoms with Gasteiger partial charge in [0.05, 0.1) is 13.2 Å². The van der Waals surface area contributed by atoms with E-state index in [0.717, 1.165) is 5.39 Å². The van der Waals surface area contributed by atoms with Crippen LogP contribution in [0, 0.1) is 0 Å². The van der Waals surface area contributed by atoms with Gasteiger partial charge in [0.2, 0.25) is 0 Å². The highest BCUT2D eigenvalue weighted by Crippen LogP contribution is 2.32. The second kappa shape index (κ2) is 9.43. The Labute approximate surface area is 151 Å². The van der Waals surface area contributed by atoms with E-state index in [0.29, 0.717) is 22.5 Å². The number of carbonyl (C=O) groups excluding carboxylic acids is 2. The first kappa shape index (κ1) is 19.3. The standard InChI is InChI=1S/C19H21NO6/c1-13(2)18(22)25-11-9-20-19(23)26-17-8-4-5-14-15(17)6-3-7-16(14)24-12-10-21/h3-8,21H,1,9-12H2,2H3,(H,20,23). The van der Waals surface area contributed by atoms with E-state index in [1.165, 1.54) is 0 Å². The predicted octanol–water partition coefficient (Wildman–Crippen LogP) is 2.42. The number of esters is 1. The van der Waals surface area contributed by atoms with Gasteiger partial charge in [0, 0.05) is 16.3 Å². The summed E-state index contributed by atoms with van der Waals surface area (Å²) in [5.74, 6) is 0.451. The number of benzene rings is 2. The average Bonchev–Trinajstić information content (AvgIpc) is 2.63. The molecular formula is C19H21NO6. The minimum absolute atomic E-state index is 0.0233. The third kappa shape index (κ3) is 5.22. The molecule has 7 heteroatoms. The lowest BCUT2D eigenvalue weighted by molar-refractivity contribution is -0.138. The van der Waals surface area contributed by atoms with Crippen LogP contribution in [0.5, 0.6) is 11.5 Å². The molecule has 2 aromatic rings. The fraction of sp³-hybridized carbons (Fsp3) is 0.263. The van der Waals surface area contributed by atoms with Crippen molar-refractivity contribution in [1.82, 2.24) is 5.32 Å². The van der Waals surface area contributed by atoms with Crippen molar-refractivity contribution in [1.29, 1.82) is 0 Å². The highest BCUT2D eigenvalue weighted by Gasteiger charge is 2.11. The van der Waals surface area contributed by atoms with Gasteiger partial charge in [-0.25, -0.2) is 9.59 Å². The smallest absolute Gasteiger partial charge is 0.412 e. The van der Waals surface area contributed by atoms with Gasteiger partial charge in [-0.1, -0.05) is 30.8 Å². The lowest BCUT2D eigenvalue weighted by Gasteiger charge is -2.12. The highest BCUT2D eigenvalue weighted by atomic mass is 16.6. The number of hydrogen-bond donors (Lipinski definition) is 2. The summed E-state index contributed by atoms with van der Waals surface area (Å²) in [7, 11) is 0. The van der Waals surface area contributed by atoms with Gasteiger partial charge in [-0.15, -0.1) is 0 Å². The van der Waals surface area contributed by atoms with Crippen LogP contribution in [0.15, 0.2) is 48.6 Å². The molecule has 0 heterocycles. The fourth-order valence-electron chi connectivity index (χ4n) is 2.18. The van der Waals surface area contributed by atoms with Crippen molar-refractivity contribution in [2.24, 2.45) is 0 Å². The van der Waals surface area contributed by atoms with E-state index in [-0.39, 0.29) is 26.4 Å². The van der Waals surface area contributed by atoms with E-state index in [1.807, 2.05) is 6.07 Å². The van der Waals surface area contributed by atoms with Crippen LogP contribution in [0.2, 0.25) is 0 Å². The Hall–Kier alpha value is -3.06. The van der Waals surface area contributed by atoms with Crippen molar-refractivity contribution >= 4 is 22.8 Å². The molecule has 0 aliphatic heterocycles. The Morgan fingerprint density at radius 3 is 2.38 bits per heavy atom. The summed E-state index contributed by atoms with van der Waals surface area (Å²) in [5.41, 5.74) is 0.294. The van der Waals surface area contributed by atoms with E-state index in [9.17, 15) is 9.59 Å². The van der Waals surface area contributed by atoms with Crippen molar-refractivity contribution < 1.29 is 28.9 Å². The molecule has 0 aliphatic rings. The van der Waals surface area contributed by atoms with Gasteiger partial charge >= 0.3 is 12.1 Å². The highest BCUT2D eigenvalue weighted by molar-refractivity contribution is 5.94. The number of hydrogen-bond acceptors (Lipinski definition) is 6. The quantitative estimate of drug-likeness (QED) is 0.427. The van der Waals surface area contributed by atoms with Crippen LogP contribution in [0.25, 0.3) is 10.8 Å². The number of nitrogens with one attached hydrogen (secondary N) is 1. The molecule has 0 saturated heterocycles. The van der Waals surface area contributed by atoms with E-state index in [1.54, 1.807) is 37.3 Å². The molecule has 2 rings (SSSR count). The molecule has 2 aromatic carbocycles. The molecule has 0 aliphatic carbocycles. The number of amides is 1. The van der Waals surface area contributed by atoms with Gasteiger partial charge in [0.1, 0.15) is 24.7 Å². The first-order chi connectivity index (χ1) is 12.5. The molecule has 138 valence electrons. The van der Waals surface area contributed by atoms with Gasteiger partial charge < -0.3 is 24.6 Å². The van der Waals surface area contributed by atoms with Gasteiger partial charge in [0.15, 0.2) is 0 Å². The molecule has 0 atom stereocenters. The maximum absolute atomic E-state index is 11.9. The third-order valence-corrected chi connectivity index (χ3v) is 3.35. The van der Waals surface area contributed by atoms with Crippen molar-refractivity contribution in [2.75, 3.05) is 26.4 Å². The van der Waals surface area contributed by atoms with Crippen LogP contribution in [0.4, 0.5) is 4.79 Å². The van der Waals surface area contributed by atoms with Crippen LogP contribution in [0.1, 0.15) is 6.92 Å². The van der Waals surface area contributed by atoms with Crippen LogP contribution < -0.4 is 14.8 Å². The summed E-state index contributed by atoms with van der Waals surface area (Å²) in [6.45, 7) is 5.24. The Morgan fingerprint density at radius 1 is 1.08 bits per heavy atom. The van der Waals surface area contributed by atoms with E-state index in [2.05, 4.69) is 11.9 Å². The number of carbonyl (C=O) groups is 2. The number of aliphatic hydroxyl groups is 1. The van der Waals surface area contributed by atoms with Gasteiger partial charge in [-0.2, -0.15) is 0 Å². The first-order valence-electron chi connectivity index (χ1n) is 8.06. The molecule has 1 amide bonds. The normalized spacial score (nSPS) is 10.2. The molecule has 0 unspecified atom stereocenters. The summed E-state index contributed by atoms with van der Waals surface area (Å²) < 4.78 is 15.7. The summed E-state index contributed by atoms with van der Waals surface area (Å²) in [4.78, 5) is 23.2. The summed E-state index contributed by atoms with van der Waals surface area (Å²) >= 11 is 0. The summed E-state index contributed by atoms with van der Waals surface area (Å²) in [5, 5.41) is 12.9. The molecule has 2 N–H and O–H groups in total. The van der Waals surface area contributed by atoms with Crippen molar-refractivity contribution in [3.05, 3.63) is 48.6 Å². The van der Waals surface area contributed by atoms with Gasteiger partial charge in [-0.05, 0) is 19.1 Å².